The molecule has 0 aliphatic heterocycles. The lowest BCUT2D eigenvalue weighted by Crippen LogP contribution is -2.29. The number of carbonyl (C=O) groups excluding carboxylic acids is 1. The van der Waals surface area contributed by atoms with Gasteiger partial charge in [-0.25, -0.2) is 0 Å². The molecule has 1 amide bonds. The molecule has 1 unspecified atom stereocenters. The highest BCUT2D eigenvalue weighted by molar-refractivity contribution is 7.18. The number of halogens is 1. The number of furan rings is 1. The Morgan fingerprint density at radius 2 is 2.06 bits per heavy atom. The van der Waals surface area contributed by atoms with Crippen molar-refractivity contribution in [2.24, 2.45) is 7.05 Å². The molecule has 7 nitrogen and oxygen atoms in total. The normalized spacial score (nSPS) is 12.4. The van der Waals surface area contributed by atoms with E-state index in [9.17, 15) is 14.7 Å². The summed E-state index contributed by atoms with van der Waals surface area (Å²) in [6.07, 6.45) is 2.37. The van der Waals surface area contributed by atoms with Gasteiger partial charge < -0.3 is 19.4 Å². The Hall–Kier alpha value is -2.91. The van der Waals surface area contributed by atoms with Crippen LogP contribution in [0.1, 0.15) is 32.7 Å². The second-order valence-corrected chi connectivity index (χ2v) is 9.50. The smallest absolute Gasteiger partial charge is 0.257 e. The van der Waals surface area contributed by atoms with Crippen LogP contribution in [0, 0.1) is 0 Å². The molecule has 0 aliphatic rings. The number of amides is 1. The van der Waals surface area contributed by atoms with Gasteiger partial charge in [0.15, 0.2) is 0 Å². The monoisotopic (exact) mass is 485 g/mol. The summed E-state index contributed by atoms with van der Waals surface area (Å²) in [6.45, 7) is 1.24. The van der Waals surface area contributed by atoms with Crippen molar-refractivity contribution in [1.29, 1.82) is 0 Å². The first-order chi connectivity index (χ1) is 15.8. The molecule has 3 aromatic heterocycles. The van der Waals surface area contributed by atoms with Gasteiger partial charge in [-0.15, -0.1) is 11.3 Å². The fourth-order valence-electron chi connectivity index (χ4n) is 3.63. The number of hydrogen-bond acceptors (Lipinski definition) is 6. The zero-order valence-corrected chi connectivity index (χ0v) is 19.8. The second kappa shape index (κ2) is 9.93. The van der Waals surface area contributed by atoms with Gasteiger partial charge in [-0.1, -0.05) is 23.7 Å². The molecule has 1 atom stereocenters. The fourth-order valence-corrected chi connectivity index (χ4v) is 4.92. The standard InChI is InChI=1S/C24H24ClN3O4S/c1-27(14-20(29)21-4-3-9-32-21)12-17-10-18-22(30)19(13-28(2)24(18)33-17)23(31)26-11-15-5-7-16(25)8-6-15/h3-10,13,20,29H,11-12,14H2,1-2H3,(H,26,31). The lowest BCUT2D eigenvalue weighted by molar-refractivity contribution is 0.0949. The number of benzene rings is 1. The van der Waals surface area contributed by atoms with E-state index in [1.54, 1.807) is 35.0 Å². The van der Waals surface area contributed by atoms with E-state index in [0.717, 1.165) is 15.3 Å². The van der Waals surface area contributed by atoms with Crippen LogP contribution in [0.25, 0.3) is 10.2 Å². The Bertz CT molecular complexity index is 1310. The number of pyridine rings is 1. The van der Waals surface area contributed by atoms with Gasteiger partial charge in [-0.2, -0.15) is 0 Å². The molecular formula is C24H24ClN3O4S. The molecule has 0 fully saturated rings. The van der Waals surface area contributed by atoms with E-state index in [1.165, 1.54) is 17.6 Å². The molecule has 33 heavy (non-hydrogen) atoms. The molecule has 3 heterocycles. The van der Waals surface area contributed by atoms with Crippen molar-refractivity contribution < 1.29 is 14.3 Å². The van der Waals surface area contributed by atoms with E-state index in [1.807, 2.05) is 37.2 Å². The highest BCUT2D eigenvalue weighted by Gasteiger charge is 2.18. The van der Waals surface area contributed by atoms with E-state index in [-0.39, 0.29) is 11.0 Å². The average molecular weight is 486 g/mol. The third-order valence-electron chi connectivity index (χ3n) is 5.29. The first kappa shape index (κ1) is 23.3. The van der Waals surface area contributed by atoms with Crippen molar-refractivity contribution in [2.75, 3.05) is 13.6 Å². The van der Waals surface area contributed by atoms with Crippen LogP contribution in [0.3, 0.4) is 0 Å². The van der Waals surface area contributed by atoms with Crippen molar-refractivity contribution in [2.45, 2.75) is 19.2 Å². The number of hydrogen-bond donors (Lipinski definition) is 2. The number of aromatic nitrogens is 1. The maximum Gasteiger partial charge on any atom is 0.257 e. The quantitative estimate of drug-likeness (QED) is 0.394. The number of nitrogens with one attached hydrogen (secondary N) is 1. The molecule has 1 aromatic carbocycles. The predicted molar refractivity (Wildman–Crippen MR) is 130 cm³/mol. The van der Waals surface area contributed by atoms with Crippen LogP contribution in [0.2, 0.25) is 5.02 Å². The zero-order chi connectivity index (χ0) is 23.5. The Morgan fingerprint density at radius 3 is 2.76 bits per heavy atom. The molecule has 4 aromatic rings. The summed E-state index contributed by atoms with van der Waals surface area (Å²) in [6, 6.07) is 12.5. The molecule has 0 aliphatic carbocycles. The molecule has 2 N–H and O–H groups in total. The lowest BCUT2D eigenvalue weighted by Gasteiger charge is -2.18. The number of carbonyl (C=O) groups is 1. The van der Waals surface area contributed by atoms with Gasteiger partial charge in [0, 0.05) is 42.8 Å². The molecule has 0 radical (unpaired) electrons. The van der Waals surface area contributed by atoms with Crippen LogP contribution in [-0.4, -0.2) is 34.1 Å². The summed E-state index contributed by atoms with van der Waals surface area (Å²) < 4.78 is 7.06. The Morgan fingerprint density at radius 1 is 1.30 bits per heavy atom. The van der Waals surface area contributed by atoms with Gasteiger partial charge in [-0.3, -0.25) is 14.5 Å². The summed E-state index contributed by atoms with van der Waals surface area (Å²) in [5, 5.41) is 14.2. The largest absolute Gasteiger partial charge is 0.467 e. The van der Waals surface area contributed by atoms with E-state index in [2.05, 4.69) is 5.32 Å². The molecule has 4 rings (SSSR count). The van der Waals surface area contributed by atoms with Crippen molar-refractivity contribution in [3.63, 3.8) is 0 Å². The minimum atomic E-state index is -0.735. The number of likely N-dealkylation sites (N-methyl/N-ethyl adjacent to an activating group) is 1. The minimum Gasteiger partial charge on any atom is -0.467 e. The van der Waals surface area contributed by atoms with E-state index >= 15 is 0 Å². The zero-order valence-electron chi connectivity index (χ0n) is 18.2. The molecule has 9 heteroatoms. The number of nitrogens with zero attached hydrogens (tertiary/aromatic N) is 2. The van der Waals surface area contributed by atoms with Crippen molar-refractivity contribution in [3.05, 3.63) is 91.9 Å². The maximum absolute atomic E-state index is 13.1. The molecule has 0 saturated carbocycles. The predicted octanol–water partition coefficient (Wildman–Crippen LogP) is 3.94. The van der Waals surface area contributed by atoms with Gasteiger partial charge in [0.2, 0.25) is 5.43 Å². The Balaban J connectivity index is 1.49. The van der Waals surface area contributed by atoms with E-state index in [0.29, 0.717) is 35.8 Å². The first-order valence-corrected chi connectivity index (χ1v) is 11.6. The van der Waals surface area contributed by atoms with Crippen LogP contribution in [0.5, 0.6) is 0 Å². The van der Waals surface area contributed by atoms with Crippen molar-refractivity contribution in [3.8, 4) is 0 Å². The number of fused-ring (bicyclic) bond motifs is 1. The van der Waals surface area contributed by atoms with Crippen LogP contribution in [0.15, 0.2) is 64.1 Å². The van der Waals surface area contributed by atoms with Crippen LogP contribution >= 0.6 is 22.9 Å². The average Bonchev–Trinajstić information content (AvgIpc) is 3.46. The number of rotatable bonds is 8. The molecule has 0 spiro atoms. The summed E-state index contributed by atoms with van der Waals surface area (Å²) in [5.41, 5.74) is 0.700. The number of aliphatic hydroxyl groups is 1. The summed E-state index contributed by atoms with van der Waals surface area (Å²) >= 11 is 7.39. The summed E-state index contributed by atoms with van der Waals surface area (Å²) in [4.78, 5) is 29.5. The van der Waals surface area contributed by atoms with Crippen LogP contribution in [-0.2, 0) is 20.1 Å². The number of aliphatic hydroxyl groups excluding tert-OH is 1. The van der Waals surface area contributed by atoms with E-state index < -0.39 is 12.0 Å². The highest BCUT2D eigenvalue weighted by Crippen LogP contribution is 2.25. The Kier molecular flexibility index (Phi) is 6.99. The minimum absolute atomic E-state index is 0.102. The topological polar surface area (TPSA) is 87.7 Å². The van der Waals surface area contributed by atoms with Crippen LogP contribution in [0.4, 0.5) is 0 Å². The molecular weight excluding hydrogens is 462 g/mol. The SMILES string of the molecule is CN(Cc1cc2c(=O)c(C(=O)NCc3ccc(Cl)cc3)cn(C)c2s1)CC(O)c1ccco1. The van der Waals surface area contributed by atoms with Gasteiger partial charge in [0.05, 0.1) is 11.6 Å². The van der Waals surface area contributed by atoms with E-state index in [4.69, 9.17) is 16.0 Å². The van der Waals surface area contributed by atoms with Gasteiger partial charge in [0.25, 0.3) is 5.91 Å². The third-order valence-corrected chi connectivity index (χ3v) is 6.75. The van der Waals surface area contributed by atoms with Crippen LogP contribution < -0.4 is 10.7 Å². The molecule has 0 saturated heterocycles. The molecule has 172 valence electrons. The van der Waals surface area contributed by atoms with Crippen molar-refractivity contribution >= 4 is 39.1 Å². The molecule has 0 bridgehead atoms. The summed E-state index contributed by atoms with van der Waals surface area (Å²) in [7, 11) is 3.71. The highest BCUT2D eigenvalue weighted by atomic mass is 35.5. The van der Waals surface area contributed by atoms with Gasteiger partial charge in [0.1, 0.15) is 22.3 Å². The maximum atomic E-state index is 13.1. The summed E-state index contributed by atoms with van der Waals surface area (Å²) in [5.74, 6) is 0.0968. The fraction of sp³-hybridized carbons (Fsp3) is 0.250. The lowest BCUT2D eigenvalue weighted by atomic mass is 10.2. The number of thiophene rings is 1. The van der Waals surface area contributed by atoms with Gasteiger partial charge in [-0.05, 0) is 42.9 Å². The first-order valence-electron chi connectivity index (χ1n) is 10.4. The van der Waals surface area contributed by atoms with Gasteiger partial charge >= 0.3 is 0 Å². The third kappa shape index (κ3) is 5.36. The number of aryl methyl sites for hydroxylation is 1. The Labute approximate surface area is 199 Å². The van der Waals surface area contributed by atoms with Crippen molar-refractivity contribution in [1.82, 2.24) is 14.8 Å². The second-order valence-electron chi connectivity index (χ2n) is 7.95.